The van der Waals surface area contributed by atoms with Crippen molar-refractivity contribution in [2.75, 3.05) is 31.6 Å². The van der Waals surface area contributed by atoms with E-state index in [4.69, 9.17) is 4.74 Å². The summed E-state index contributed by atoms with van der Waals surface area (Å²) in [7, 11) is -3.82. The van der Waals surface area contributed by atoms with Crippen molar-refractivity contribution in [2.45, 2.75) is 18.7 Å². The maximum atomic E-state index is 14.7. The number of carbonyl (C=O) groups excluding carboxylic acids is 1. The van der Waals surface area contributed by atoms with Crippen molar-refractivity contribution in [3.8, 4) is 5.69 Å². The first-order chi connectivity index (χ1) is 14.8. The Kier molecular flexibility index (Phi) is 5.93. The average molecular weight is 465 g/mol. The number of ether oxygens (including phenoxy) is 1. The van der Waals surface area contributed by atoms with Crippen molar-refractivity contribution in [3.63, 3.8) is 0 Å². The van der Waals surface area contributed by atoms with Gasteiger partial charge in [0.15, 0.2) is 5.82 Å². The number of thiophene rings is 1. The van der Waals surface area contributed by atoms with Gasteiger partial charge in [-0.25, -0.2) is 17.5 Å². The van der Waals surface area contributed by atoms with Gasteiger partial charge in [-0.3, -0.25) is 4.79 Å². The number of aromatic nitrogens is 2. The zero-order valence-electron chi connectivity index (χ0n) is 17.0. The standard InChI is InChI=1S/C20H21FN4O4S2/c1-13-11-14(2)25(23-13)17-4-3-15(12-16(17)21)22-20(26)19-18(5-10-30-19)31(27,28)24-6-8-29-9-7-24/h3-5,10-12H,6-9H2,1-2H3,(H,22,26). The molecule has 1 aliphatic heterocycles. The fourth-order valence-corrected chi connectivity index (χ4v) is 6.11. The first kappa shape index (κ1) is 21.6. The van der Waals surface area contributed by atoms with Crippen molar-refractivity contribution >= 4 is 33.0 Å². The topological polar surface area (TPSA) is 93.5 Å². The van der Waals surface area contributed by atoms with Crippen molar-refractivity contribution in [1.29, 1.82) is 0 Å². The third-order valence-corrected chi connectivity index (χ3v) is 7.85. The van der Waals surface area contributed by atoms with Crippen LogP contribution in [0.4, 0.5) is 10.1 Å². The van der Waals surface area contributed by atoms with Crippen LogP contribution < -0.4 is 5.32 Å². The second-order valence-electron chi connectivity index (χ2n) is 7.09. The van der Waals surface area contributed by atoms with E-state index >= 15 is 0 Å². The van der Waals surface area contributed by atoms with Crippen LogP contribution in [-0.4, -0.2) is 54.7 Å². The molecule has 31 heavy (non-hydrogen) atoms. The highest BCUT2D eigenvalue weighted by atomic mass is 32.2. The van der Waals surface area contributed by atoms with E-state index in [1.807, 2.05) is 19.9 Å². The van der Waals surface area contributed by atoms with Gasteiger partial charge in [0.2, 0.25) is 10.0 Å². The molecule has 0 unspecified atom stereocenters. The van der Waals surface area contributed by atoms with Crippen molar-refractivity contribution in [2.24, 2.45) is 0 Å². The lowest BCUT2D eigenvalue weighted by Crippen LogP contribution is -2.41. The highest BCUT2D eigenvalue weighted by Gasteiger charge is 2.31. The van der Waals surface area contributed by atoms with E-state index in [-0.39, 0.29) is 34.2 Å². The number of nitrogens with one attached hydrogen (secondary N) is 1. The largest absolute Gasteiger partial charge is 0.379 e. The molecule has 1 amide bonds. The maximum Gasteiger partial charge on any atom is 0.267 e. The molecule has 0 atom stereocenters. The van der Waals surface area contributed by atoms with Gasteiger partial charge in [-0.05, 0) is 49.6 Å². The van der Waals surface area contributed by atoms with Gasteiger partial charge < -0.3 is 10.1 Å². The monoisotopic (exact) mass is 464 g/mol. The van der Waals surface area contributed by atoms with Crippen molar-refractivity contribution < 1.29 is 22.3 Å². The van der Waals surface area contributed by atoms with E-state index in [1.54, 1.807) is 11.4 Å². The number of hydrogen-bond acceptors (Lipinski definition) is 6. The summed E-state index contributed by atoms with van der Waals surface area (Å²) < 4.78 is 48.6. The SMILES string of the molecule is Cc1cc(C)n(-c2ccc(NC(=O)c3sccc3S(=O)(=O)N3CCOCC3)cc2F)n1. The van der Waals surface area contributed by atoms with Gasteiger partial charge in [-0.15, -0.1) is 11.3 Å². The molecule has 3 heterocycles. The van der Waals surface area contributed by atoms with Crippen molar-refractivity contribution in [3.05, 3.63) is 57.8 Å². The minimum Gasteiger partial charge on any atom is -0.379 e. The van der Waals surface area contributed by atoms with Crippen LogP contribution in [0.25, 0.3) is 5.69 Å². The summed E-state index contributed by atoms with van der Waals surface area (Å²) in [6.45, 7) is 4.73. The maximum absolute atomic E-state index is 14.7. The number of rotatable bonds is 5. The number of benzene rings is 1. The molecule has 1 fully saturated rings. The lowest BCUT2D eigenvalue weighted by atomic mass is 10.2. The zero-order chi connectivity index (χ0) is 22.2. The Hall–Kier alpha value is -2.60. The summed E-state index contributed by atoms with van der Waals surface area (Å²) >= 11 is 1.02. The fourth-order valence-electron chi connectivity index (χ4n) is 3.41. The highest BCUT2D eigenvalue weighted by molar-refractivity contribution is 7.89. The number of halogens is 1. The molecule has 0 aliphatic carbocycles. The summed E-state index contributed by atoms with van der Waals surface area (Å²) in [5, 5.41) is 8.41. The van der Waals surface area contributed by atoms with E-state index < -0.39 is 21.7 Å². The highest BCUT2D eigenvalue weighted by Crippen LogP contribution is 2.27. The van der Waals surface area contributed by atoms with Gasteiger partial charge in [-0.1, -0.05) is 0 Å². The third kappa shape index (κ3) is 4.26. The van der Waals surface area contributed by atoms with Crippen LogP contribution in [0.1, 0.15) is 21.1 Å². The molecule has 8 nitrogen and oxygen atoms in total. The number of hydrogen-bond donors (Lipinski definition) is 1. The number of sulfonamides is 1. The van der Waals surface area contributed by atoms with Crippen LogP contribution in [-0.2, 0) is 14.8 Å². The molecule has 1 saturated heterocycles. The van der Waals surface area contributed by atoms with Gasteiger partial charge in [0, 0.05) is 24.5 Å². The molecule has 164 valence electrons. The molecular formula is C20H21FN4O4S2. The Balaban J connectivity index is 1.57. The van der Waals surface area contributed by atoms with Crippen LogP contribution in [0.2, 0.25) is 0 Å². The molecule has 1 N–H and O–H groups in total. The van der Waals surface area contributed by atoms with Crippen LogP contribution in [0.5, 0.6) is 0 Å². The van der Waals surface area contributed by atoms with Gasteiger partial charge in [0.1, 0.15) is 15.5 Å². The molecule has 11 heteroatoms. The molecular weight excluding hydrogens is 443 g/mol. The second-order valence-corrected chi connectivity index (χ2v) is 9.91. The number of amides is 1. The van der Waals surface area contributed by atoms with Gasteiger partial charge in [-0.2, -0.15) is 9.40 Å². The minimum absolute atomic E-state index is 0.0505. The number of nitrogens with zero attached hydrogens (tertiary/aromatic N) is 3. The first-order valence-corrected chi connectivity index (χ1v) is 11.9. The number of aryl methyl sites for hydroxylation is 2. The van der Waals surface area contributed by atoms with E-state index in [2.05, 4.69) is 10.4 Å². The number of carbonyl (C=O) groups is 1. The molecule has 4 rings (SSSR count). The average Bonchev–Trinajstić information content (AvgIpc) is 3.36. The van der Waals surface area contributed by atoms with Crippen molar-refractivity contribution in [1.82, 2.24) is 14.1 Å². The lowest BCUT2D eigenvalue weighted by molar-refractivity contribution is 0.0730. The zero-order valence-corrected chi connectivity index (χ0v) is 18.6. The Bertz CT molecular complexity index is 1230. The molecule has 0 saturated carbocycles. The van der Waals surface area contributed by atoms with E-state index in [0.29, 0.717) is 13.2 Å². The van der Waals surface area contributed by atoms with Gasteiger partial charge >= 0.3 is 0 Å². The molecule has 1 aromatic carbocycles. The molecule has 0 spiro atoms. The molecule has 0 bridgehead atoms. The van der Waals surface area contributed by atoms with Gasteiger partial charge in [0.05, 0.1) is 18.9 Å². The molecule has 3 aromatic rings. The summed E-state index contributed by atoms with van der Waals surface area (Å²) in [6.07, 6.45) is 0. The predicted molar refractivity (Wildman–Crippen MR) is 115 cm³/mol. The van der Waals surface area contributed by atoms with E-state index in [1.165, 1.54) is 27.2 Å². The van der Waals surface area contributed by atoms with Crippen LogP contribution >= 0.6 is 11.3 Å². The molecule has 0 radical (unpaired) electrons. The normalized spacial score (nSPS) is 15.2. The van der Waals surface area contributed by atoms with E-state index in [0.717, 1.165) is 22.7 Å². The molecule has 1 aliphatic rings. The van der Waals surface area contributed by atoms with Gasteiger partial charge in [0.25, 0.3) is 5.91 Å². The quantitative estimate of drug-likeness (QED) is 0.627. The van der Waals surface area contributed by atoms with Crippen LogP contribution in [0.3, 0.4) is 0 Å². The lowest BCUT2D eigenvalue weighted by Gasteiger charge is -2.26. The Morgan fingerprint density at radius 3 is 2.58 bits per heavy atom. The smallest absolute Gasteiger partial charge is 0.267 e. The number of anilines is 1. The third-order valence-electron chi connectivity index (χ3n) is 4.87. The molecule has 2 aromatic heterocycles. The summed E-state index contributed by atoms with van der Waals surface area (Å²) in [4.78, 5) is 12.8. The van der Waals surface area contributed by atoms with E-state index in [9.17, 15) is 17.6 Å². The minimum atomic E-state index is -3.82. The summed E-state index contributed by atoms with van der Waals surface area (Å²) in [6, 6.07) is 7.51. The first-order valence-electron chi connectivity index (χ1n) is 9.57. The predicted octanol–water partition coefficient (Wildman–Crippen LogP) is 2.96. The van der Waals surface area contributed by atoms with Crippen LogP contribution in [0.15, 0.2) is 40.6 Å². The van der Waals surface area contributed by atoms with Crippen LogP contribution in [0, 0.1) is 19.7 Å². The Morgan fingerprint density at radius 1 is 1.19 bits per heavy atom. The Labute approximate surface area is 183 Å². The summed E-state index contributed by atoms with van der Waals surface area (Å²) in [5.41, 5.74) is 2.02. The number of morpholine rings is 1. The fraction of sp³-hybridized carbons (Fsp3) is 0.300. The summed E-state index contributed by atoms with van der Waals surface area (Å²) in [5.74, 6) is -1.17. The second kappa shape index (κ2) is 8.50. The Morgan fingerprint density at radius 2 is 1.94 bits per heavy atom.